The smallest absolute Gasteiger partial charge is 0.283 e. The number of H-pyrrole nitrogens is 1. The fraction of sp³-hybridized carbons (Fsp3) is 0.107. The fourth-order valence-corrected chi connectivity index (χ4v) is 5.08. The molecule has 6 rings (SSSR count). The van der Waals surface area contributed by atoms with Gasteiger partial charge in [-0.25, -0.2) is 4.99 Å². The number of aliphatic imine (C=N–C) groups is 1. The maximum atomic E-state index is 13.5. The molecule has 3 aromatic carbocycles. The number of nitrogens with one attached hydrogen (secondary N) is 1. The second-order valence-corrected chi connectivity index (χ2v) is 9.42. The second kappa shape index (κ2) is 9.05. The molecule has 8 heteroatoms. The molecule has 178 valence electrons. The van der Waals surface area contributed by atoms with E-state index >= 15 is 0 Å². The maximum Gasteiger partial charge on any atom is 0.283 e. The van der Waals surface area contributed by atoms with Gasteiger partial charge in [0.25, 0.3) is 5.91 Å². The van der Waals surface area contributed by atoms with Crippen LogP contribution in [0.2, 0.25) is 0 Å². The van der Waals surface area contributed by atoms with Gasteiger partial charge in [-0.05, 0) is 48.9 Å². The average molecular weight is 496 g/mol. The van der Waals surface area contributed by atoms with Gasteiger partial charge < -0.3 is 14.5 Å². The largest absolute Gasteiger partial charge is 0.454 e. The number of thioether (sulfide) groups is 1. The number of amides is 1. The van der Waals surface area contributed by atoms with Crippen molar-refractivity contribution in [1.29, 1.82) is 0 Å². The lowest BCUT2D eigenvalue weighted by atomic mass is 10.1. The Morgan fingerprint density at radius 1 is 1.08 bits per heavy atom. The Labute approximate surface area is 211 Å². The molecule has 0 bridgehead atoms. The van der Waals surface area contributed by atoms with E-state index in [1.54, 1.807) is 17.2 Å². The van der Waals surface area contributed by atoms with Gasteiger partial charge in [-0.3, -0.25) is 14.5 Å². The highest BCUT2D eigenvalue weighted by molar-refractivity contribution is 8.14. The third-order valence-corrected chi connectivity index (χ3v) is 6.98. The number of benzene rings is 3. The van der Waals surface area contributed by atoms with E-state index < -0.39 is 0 Å². The molecular weight excluding hydrogens is 474 g/mol. The predicted molar refractivity (Wildman–Crippen MR) is 142 cm³/mol. The summed E-state index contributed by atoms with van der Waals surface area (Å²) in [5, 5.41) is 1.34. The topological polar surface area (TPSA) is 84.0 Å². The van der Waals surface area contributed by atoms with Crippen LogP contribution in [0.5, 0.6) is 11.5 Å². The number of rotatable bonds is 5. The third-order valence-electron chi connectivity index (χ3n) is 6.04. The quantitative estimate of drug-likeness (QED) is 0.289. The number of hydrogen-bond donors (Lipinski definition) is 1. The summed E-state index contributed by atoms with van der Waals surface area (Å²) in [4.78, 5) is 35.9. The number of Topliss-reactive ketones (excluding diaryl/α,β-unsaturated/α-hetero) is 1. The third kappa shape index (κ3) is 4.05. The highest BCUT2D eigenvalue weighted by Crippen LogP contribution is 2.35. The Morgan fingerprint density at radius 3 is 2.75 bits per heavy atom. The van der Waals surface area contributed by atoms with Crippen molar-refractivity contribution >= 4 is 51.3 Å². The summed E-state index contributed by atoms with van der Waals surface area (Å²) in [7, 11) is 0. The Balaban J connectivity index is 1.30. The van der Waals surface area contributed by atoms with Crippen molar-refractivity contribution in [3.05, 3.63) is 95.3 Å². The van der Waals surface area contributed by atoms with Gasteiger partial charge in [0.05, 0.1) is 11.4 Å². The maximum absolute atomic E-state index is 13.5. The number of anilines is 1. The number of amidine groups is 1. The van der Waals surface area contributed by atoms with Crippen LogP contribution in [0.3, 0.4) is 0 Å². The predicted octanol–water partition coefficient (Wildman–Crippen LogP) is 5.56. The first-order valence-electron chi connectivity index (χ1n) is 11.4. The molecule has 0 spiro atoms. The minimum absolute atomic E-state index is 0.0374. The van der Waals surface area contributed by atoms with Gasteiger partial charge in [0.15, 0.2) is 22.4 Å². The van der Waals surface area contributed by atoms with Gasteiger partial charge in [0.1, 0.15) is 5.70 Å². The minimum Gasteiger partial charge on any atom is -0.454 e. The number of para-hydroxylation sites is 1. The number of ketones is 1. The van der Waals surface area contributed by atoms with Crippen molar-refractivity contribution in [3.8, 4) is 11.5 Å². The molecule has 0 unspecified atom stereocenters. The molecule has 0 atom stereocenters. The van der Waals surface area contributed by atoms with Crippen LogP contribution in [0.1, 0.15) is 21.5 Å². The minimum atomic E-state index is -0.251. The lowest BCUT2D eigenvalue weighted by Crippen LogP contribution is -2.30. The van der Waals surface area contributed by atoms with Crippen LogP contribution in [0.25, 0.3) is 17.0 Å². The molecule has 0 radical (unpaired) electrons. The van der Waals surface area contributed by atoms with E-state index in [4.69, 9.17) is 9.47 Å². The molecule has 1 aromatic heterocycles. The Morgan fingerprint density at radius 2 is 1.89 bits per heavy atom. The summed E-state index contributed by atoms with van der Waals surface area (Å²) < 4.78 is 10.8. The van der Waals surface area contributed by atoms with E-state index in [1.807, 2.05) is 73.7 Å². The van der Waals surface area contributed by atoms with Gasteiger partial charge in [-0.1, -0.05) is 53.7 Å². The van der Waals surface area contributed by atoms with Crippen molar-refractivity contribution in [2.45, 2.75) is 6.92 Å². The molecule has 0 aliphatic carbocycles. The zero-order valence-corrected chi connectivity index (χ0v) is 20.2. The summed E-state index contributed by atoms with van der Waals surface area (Å²) >= 11 is 1.25. The van der Waals surface area contributed by atoms with Gasteiger partial charge in [0, 0.05) is 22.7 Å². The molecule has 2 aliphatic rings. The van der Waals surface area contributed by atoms with Gasteiger partial charge in [0.2, 0.25) is 6.79 Å². The van der Waals surface area contributed by atoms with E-state index in [-0.39, 0.29) is 29.9 Å². The van der Waals surface area contributed by atoms with E-state index in [2.05, 4.69) is 9.98 Å². The molecule has 2 aliphatic heterocycles. The summed E-state index contributed by atoms with van der Waals surface area (Å²) in [6, 6.07) is 20.8. The number of aromatic nitrogens is 1. The summed E-state index contributed by atoms with van der Waals surface area (Å²) in [5.74, 6) is 1.16. The summed E-state index contributed by atoms with van der Waals surface area (Å²) in [6.45, 7) is 2.17. The van der Waals surface area contributed by atoms with Crippen LogP contribution in [-0.2, 0) is 4.79 Å². The molecule has 7 nitrogen and oxygen atoms in total. The van der Waals surface area contributed by atoms with Gasteiger partial charge in [-0.15, -0.1) is 0 Å². The molecule has 3 heterocycles. The number of fused-ring (bicyclic) bond motifs is 2. The van der Waals surface area contributed by atoms with Crippen molar-refractivity contribution in [1.82, 2.24) is 4.98 Å². The number of carbonyl (C=O) groups is 2. The number of aromatic amines is 1. The van der Waals surface area contributed by atoms with Gasteiger partial charge >= 0.3 is 0 Å². The zero-order chi connectivity index (χ0) is 24.6. The van der Waals surface area contributed by atoms with Crippen LogP contribution < -0.4 is 14.4 Å². The van der Waals surface area contributed by atoms with Crippen molar-refractivity contribution in [2.75, 3.05) is 17.4 Å². The van der Waals surface area contributed by atoms with Crippen molar-refractivity contribution < 1.29 is 19.1 Å². The molecular formula is C28H21N3O4S. The first-order chi connectivity index (χ1) is 17.6. The van der Waals surface area contributed by atoms with Crippen LogP contribution >= 0.6 is 11.8 Å². The van der Waals surface area contributed by atoms with Crippen molar-refractivity contribution in [3.63, 3.8) is 0 Å². The molecule has 1 amide bonds. The lowest BCUT2D eigenvalue weighted by molar-refractivity contribution is -0.113. The van der Waals surface area contributed by atoms with E-state index in [0.29, 0.717) is 27.9 Å². The molecule has 4 aromatic rings. The lowest BCUT2D eigenvalue weighted by Gasteiger charge is -2.17. The van der Waals surface area contributed by atoms with Crippen molar-refractivity contribution in [2.24, 2.45) is 4.99 Å². The standard InChI is InChI=1S/C28H21N3O4S/c1-17-6-9-19(10-7-17)31-27(33)23(12-18-8-11-25-26(13-18)35-16-34-25)30-28(31)36-15-24(32)21-14-29-22-5-3-2-4-20(21)22/h2-14,29H,15-16H2,1H3/b23-12-. The average Bonchev–Trinajstić information content (AvgIpc) is 3.61. The number of nitrogens with zero attached hydrogens (tertiary/aromatic N) is 2. The Kier molecular flexibility index (Phi) is 5.58. The zero-order valence-electron chi connectivity index (χ0n) is 19.4. The Hall–Kier alpha value is -4.30. The van der Waals surface area contributed by atoms with Crippen LogP contribution in [0.4, 0.5) is 5.69 Å². The molecule has 1 N–H and O–H groups in total. The van der Waals surface area contributed by atoms with Crippen LogP contribution in [-0.4, -0.2) is 34.4 Å². The van der Waals surface area contributed by atoms with Crippen LogP contribution in [0.15, 0.2) is 83.6 Å². The van der Waals surface area contributed by atoms with E-state index in [0.717, 1.165) is 22.0 Å². The molecule has 36 heavy (non-hydrogen) atoms. The molecule has 0 saturated carbocycles. The summed E-state index contributed by atoms with van der Waals surface area (Å²) in [5.41, 5.74) is 4.39. The number of aryl methyl sites for hydroxylation is 1. The second-order valence-electron chi connectivity index (χ2n) is 8.47. The summed E-state index contributed by atoms with van der Waals surface area (Å²) in [6.07, 6.45) is 3.46. The number of ether oxygens (including phenoxy) is 2. The van der Waals surface area contributed by atoms with Gasteiger partial charge in [-0.2, -0.15) is 0 Å². The van der Waals surface area contributed by atoms with Crippen LogP contribution in [0, 0.1) is 6.92 Å². The molecule has 0 fully saturated rings. The van der Waals surface area contributed by atoms with E-state index in [1.165, 1.54) is 11.8 Å². The number of carbonyl (C=O) groups excluding carboxylic acids is 2. The Bertz CT molecular complexity index is 1570. The highest BCUT2D eigenvalue weighted by atomic mass is 32.2. The number of hydrogen-bond acceptors (Lipinski definition) is 6. The van der Waals surface area contributed by atoms with E-state index in [9.17, 15) is 9.59 Å². The highest BCUT2D eigenvalue weighted by Gasteiger charge is 2.32. The monoisotopic (exact) mass is 495 g/mol. The molecule has 0 saturated heterocycles. The fourth-order valence-electron chi connectivity index (χ4n) is 4.19. The first kappa shape index (κ1) is 22.2. The first-order valence-corrected chi connectivity index (χ1v) is 12.4. The SMILES string of the molecule is Cc1ccc(N2C(=O)/C(=C/c3ccc4c(c3)OCO4)N=C2SCC(=O)c2c[nH]c3ccccc23)cc1. The normalized spacial score (nSPS) is 15.7.